The number of likely N-dealkylation sites (tertiary alicyclic amines) is 1. The van der Waals surface area contributed by atoms with Crippen molar-refractivity contribution >= 4 is 22.6 Å². The predicted octanol–water partition coefficient (Wildman–Crippen LogP) is 7.38. The molecule has 39 heavy (non-hydrogen) atoms. The zero-order valence-electron chi connectivity index (χ0n) is 22.3. The molecular weight excluding hydrogens is 503 g/mol. The molecule has 0 radical (unpaired) electrons. The van der Waals surface area contributed by atoms with E-state index in [0.29, 0.717) is 31.2 Å². The molecule has 2 fully saturated rings. The number of fused-ring (bicyclic) bond motifs is 5. The lowest BCUT2D eigenvalue weighted by atomic mass is 9.81. The smallest absolute Gasteiger partial charge is 0.416 e. The Balaban J connectivity index is 1.52. The summed E-state index contributed by atoms with van der Waals surface area (Å²) in [6, 6.07) is 9.54. The molecular formula is C31H36F3N3O2. The normalized spacial score (nSPS) is 19.1. The van der Waals surface area contributed by atoms with Crippen molar-refractivity contribution < 1.29 is 23.1 Å². The summed E-state index contributed by atoms with van der Waals surface area (Å²) < 4.78 is 44.0. The molecule has 8 heteroatoms. The molecule has 3 aliphatic rings. The number of anilines is 1. The molecule has 6 rings (SSSR count). The molecule has 5 nitrogen and oxygen atoms in total. The number of hydrogen-bond donors (Lipinski definition) is 1. The van der Waals surface area contributed by atoms with E-state index in [4.69, 9.17) is 0 Å². The van der Waals surface area contributed by atoms with E-state index in [0.717, 1.165) is 67.5 Å². The van der Waals surface area contributed by atoms with E-state index in [9.17, 15) is 23.1 Å². The number of benzene rings is 2. The van der Waals surface area contributed by atoms with Crippen molar-refractivity contribution in [3.8, 4) is 11.3 Å². The number of aromatic nitrogens is 1. The van der Waals surface area contributed by atoms with Crippen LogP contribution in [0.2, 0.25) is 0 Å². The third-order valence-electron chi connectivity index (χ3n) is 9.01. The second-order valence-corrected chi connectivity index (χ2v) is 11.4. The Morgan fingerprint density at radius 2 is 1.62 bits per heavy atom. The van der Waals surface area contributed by atoms with Crippen molar-refractivity contribution in [1.82, 2.24) is 9.47 Å². The topological polar surface area (TPSA) is 48.7 Å². The van der Waals surface area contributed by atoms with Crippen LogP contribution in [0, 0.1) is 0 Å². The van der Waals surface area contributed by atoms with E-state index in [1.165, 1.54) is 43.4 Å². The van der Waals surface area contributed by atoms with E-state index >= 15 is 0 Å². The van der Waals surface area contributed by atoms with E-state index in [-0.39, 0.29) is 5.56 Å². The maximum atomic E-state index is 13.9. The van der Waals surface area contributed by atoms with Crippen LogP contribution in [0.15, 0.2) is 36.4 Å². The number of nitrogens with zero attached hydrogens (tertiary/aromatic N) is 3. The van der Waals surface area contributed by atoms with E-state index < -0.39 is 17.7 Å². The summed E-state index contributed by atoms with van der Waals surface area (Å²) in [5.41, 5.74) is 4.10. The number of carboxylic acid groups (broad SMARTS) is 1. The van der Waals surface area contributed by atoms with Crippen LogP contribution in [0.3, 0.4) is 0 Å². The molecule has 1 aromatic heterocycles. The van der Waals surface area contributed by atoms with Gasteiger partial charge in [-0.25, -0.2) is 4.79 Å². The van der Waals surface area contributed by atoms with Gasteiger partial charge in [-0.1, -0.05) is 37.8 Å². The van der Waals surface area contributed by atoms with Gasteiger partial charge in [0.1, 0.15) is 0 Å². The maximum absolute atomic E-state index is 13.9. The van der Waals surface area contributed by atoms with Crippen LogP contribution in [-0.4, -0.2) is 53.3 Å². The monoisotopic (exact) mass is 539 g/mol. The van der Waals surface area contributed by atoms with Crippen molar-refractivity contribution in [1.29, 1.82) is 0 Å². The fourth-order valence-corrected chi connectivity index (χ4v) is 7.02. The van der Waals surface area contributed by atoms with Crippen LogP contribution in [0.1, 0.15) is 78.8 Å². The van der Waals surface area contributed by atoms with Gasteiger partial charge in [-0.15, -0.1) is 0 Å². The summed E-state index contributed by atoms with van der Waals surface area (Å²) in [6.07, 6.45) is 4.70. The van der Waals surface area contributed by atoms with Gasteiger partial charge in [0.15, 0.2) is 0 Å². The Morgan fingerprint density at radius 3 is 2.33 bits per heavy atom. The fourth-order valence-electron chi connectivity index (χ4n) is 7.02. The lowest BCUT2D eigenvalue weighted by Crippen LogP contribution is -2.38. The van der Waals surface area contributed by atoms with Gasteiger partial charge in [0.05, 0.1) is 16.8 Å². The first kappa shape index (κ1) is 26.2. The Labute approximate surface area is 227 Å². The SMILES string of the molecule is O=C(O)c1ccc2c(C3CCCCC3)c3n(c2c1)CCN(CCN1CCCCC1)c1cc(C(F)(F)F)ccc1-3. The Hall–Kier alpha value is -3.00. The molecule has 2 aromatic carbocycles. The molecule has 3 aromatic rings. The van der Waals surface area contributed by atoms with Crippen LogP contribution in [-0.2, 0) is 12.7 Å². The molecule has 0 unspecified atom stereocenters. The minimum atomic E-state index is -4.42. The minimum absolute atomic E-state index is 0.233. The van der Waals surface area contributed by atoms with Gasteiger partial charge in [-0.3, -0.25) is 0 Å². The molecule has 0 spiro atoms. The van der Waals surface area contributed by atoms with E-state index in [1.54, 1.807) is 18.2 Å². The Morgan fingerprint density at radius 1 is 0.872 bits per heavy atom. The first-order valence-corrected chi connectivity index (χ1v) is 14.4. The van der Waals surface area contributed by atoms with Crippen molar-refractivity contribution in [3.63, 3.8) is 0 Å². The lowest BCUT2D eigenvalue weighted by molar-refractivity contribution is -0.137. The standard InChI is InChI=1S/C31H36F3N3O2/c32-31(33,34)23-10-12-25-26(20-23)36(16-15-35-13-5-2-6-14-35)17-18-37-27-19-22(30(38)39)9-11-24(27)28(29(25)37)21-7-3-1-4-8-21/h9-12,19-21H,1-8,13-18H2,(H,38,39). The van der Waals surface area contributed by atoms with Gasteiger partial charge in [-0.2, -0.15) is 13.2 Å². The zero-order valence-corrected chi connectivity index (χ0v) is 22.3. The zero-order chi connectivity index (χ0) is 27.1. The van der Waals surface area contributed by atoms with Crippen LogP contribution in [0.25, 0.3) is 22.2 Å². The number of aromatic carboxylic acids is 1. The lowest BCUT2D eigenvalue weighted by Gasteiger charge is -2.31. The van der Waals surface area contributed by atoms with Gasteiger partial charge in [0.2, 0.25) is 0 Å². The minimum Gasteiger partial charge on any atom is -0.478 e. The molecule has 208 valence electrons. The highest BCUT2D eigenvalue weighted by molar-refractivity contribution is 5.99. The summed E-state index contributed by atoms with van der Waals surface area (Å²) in [4.78, 5) is 16.4. The van der Waals surface area contributed by atoms with Crippen LogP contribution < -0.4 is 4.90 Å². The van der Waals surface area contributed by atoms with Crippen molar-refractivity contribution in [3.05, 3.63) is 53.1 Å². The number of alkyl halides is 3. The van der Waals surface area contributed by atoms with E-state index in [2.05, 4.69) is 14.4 Å². The first-order valence-electron chi connectivity index (χ1n) is 14.4. The summed E-state index contributed by atoms with van der Waals surface area (Å²) in [6.45, 7) is 4.73. The summed E-state index contributed by atoms with van der Waals surface area (Å²) in [5, 5.41) is 10.8. The van der Waals surface area contributed by atoms with E-state index in [1.807, 2.05) is 6.07 Å². The molecule has 1 aliphatic carbocycles. The Bertz CT molecular complexity index is 1370. The molecule has 1 N–H and O–H groups in total. The summed E-state index contributed by atoms with van der Waals surface area (Å²) >= 11 is 0. The number of rotatable bonds is 5. The number of hydrogen-bond acceptors (Lipinski definition) is 3. The molecule has 2 aliphatic heterocycles. The van der Waals surface area contributed by atoms with Crippen LogP contribution in [0.5, 0.6) is 0 Å². The number of carboxylic acids is 1. The molecule has 3 heterocycles. The second-order valence-electron chi connectivity index (χ2n) is 11.4. The molecule has 0 bridgehead atoms. The second kappa shape index (κ2) is 10.5. The van der Waals surface area contributed by atoms with Gasteiger partial charge in [-0.05, 0) is 74.5 Å². The van der Waals surface area contributed by atoms with Gasteiger partial charge >= 0.3 is 12.1 Å². The van der Waals surface area contributed by atoms with Crippen LogP contribution in [0.4, 0.5) is 18.9 Å². The third-order valence-corrected chi connectivity index (χ3v) is 9.01. The maximum Gasteiger partial charge on any atom is 0.416 e. The highest BCUT2D eigenvalue weighted by atomic mass is 19.4. The first-order chi connectivity index (χ1) is 18.8. The quantitative estimate of drug-likeness (QED) is 0.368. The van der Waals surface area contributed by atoms with Crippen LogP contribution >= 0.6 is 0 Å². The highest BCUT2D eigenvalue weighted by Crippen LogP contribution is 2.48. The highest BCUT2D eigenvalue weighted by Gasteiger charge is 2.35. The predicted molar refractivity (Wildman–Crippen MR) is 148 cm³/mol. The molecule has 0 amide bonds. The third kappa shape index (κ3) is 5.04. The van der Waals surface area contributed by atoms with Gasteiger partial charge in [0.25, 0.3) is 0 Å². The average Bonchev–Trinajstić information content (AvgIpc) is 3.17. The number of halogens is 3. The molecule has 1 saturated carbocycles. The van der Waals surface area contributed by atoms with Crippen molar-refractivity contribution in [2.45, 2.75) is 70.0 Å². The summed E-state index contributed by atoms with van der Waals surface area (Å²) in [7, 11) is 0. The Kier molecular flexibility index (Phi) is 7.08. The number of carbonyl (C=O) groups is 1. The van der Waals surface area contributed by atoms with Gasteiger partial charge in [0, 0.05) is 48.3 Å². The average molecular weight is 540 g/mol. The van der Waals surface area contributed by atoms with Crippen molar-refractivity contribution in [2.24, 2.45) is 0 Å². The molecule has 0 atom stereocenters. The largest absolute Gasteiger partial charge is 0.478 e. The van der Waals surface area contributed by atoms with Gasteiger partial charge < -0.3 is 19.5 Å². The molecule has 1 saturated heterocycles. The number of piperidine rings is 1. The summed E-state index contributed by atoms with van der Waals surface area (Å²) in [5.74, 6) is -0.665. The van der Waals surface area contributed by atoms with Crippen molar-refractivity contribution in [2.75, 3.05) is 37.6 Å². The fraction of sp³-hybridized carbons (Fsp3) is 0.516.